The Morgan fingerprint density at radius 1 is 0.781 bits per heavy atom. The molecule has 1 unspecified atom stereocenters. The summed E-state index contributed by atoms with van der Waals surface area (Å²) in [5.41, 5.74) is 0. The van der Waals surface area contributed by atoms with E-state index in [1.165, 1.54) is 110 Å². The van der Waals surface area contributed by atoms with Crippen molar-refractivity contribution in [2.24, 2.45) is 5.92 Å². The fourth-order valence-corrected chi connectivity index (χ4v) is 4.73. The van der Waals surface area contributed by atoms with E-state index >= 15 is 0 Å². The number of rotatable bonds is 23. The Morgan fingerprint density at radius 3 is 2.06 bits per heavy atom. The summed E-state index contributed by atoms with van der Waals surface area (Å²) in [5, 5.41) is 3.55. The number of hydrogen-bond acceptors (Lipinski definition) is 4. The maximum atomic E-state index is 12.2. The molecule has 1 aliphatic heterocycles. The second-order valence-corrected chi connectivity index (χ2v) is 10.1. The van der Waals surface area contributed by atoms with Gasteiger partial charge in [0.25, 0.3) is 0 Å². The highest BCUT2D eigenvalue weighted by Gasteiger charge is 2.12. The van der Waals surface area contributed by atoms with Gasteiger partial charge in [0.05, 0.1) is 6.61 Å². The van der Waals surface area contributed by atoms with Gasteiger partial charge >= 0.3 is 5.97 Å². The molecule has 190 valence electrons. The number of hydrogen-bond donors (Lipinski definition) is 1. The van der Waals surface area contributed by atoms with Crippen LogP contribution in [0, 0.1) is 5.92 Å². The Bertz CT molecular complexity index is 410. The lowest BCUT2D eigenvalue weighted by molar-refractivity contribution is -0.145. The van der Waals surface area contributed by atoms with Gasteiger partial charge in [-0.3, -0.25) is 4.79 Å². The molecule has 1 rings (SSSR count). The predicted molar refractivity (Wildman–Crippen MR) is 138 cm³/mol. The van der Waals surface area contributed by atoms with E-state index in [2.05, 4.69) is 24.1 Å². The van der Waals surface area contributed by atoms with Gasteiger partial charge in [-0.15, -0.1) is 0 Å². The van der Waals surface area contributed by atoms with Crippen LogP contribution in [0.3, 0.4) is 0 Å². The molecular formula is C28H56N2O2. The Balaban J connectivity index is 2.03. The highest BCUT2D eigenvalue weighted by atomic mass is 16.5. The second-order valence-electron chi connectivity index (χ2n) is 10.1. The van der Waals surface area contributed by atoms with Gasteiger partial charge in [0.2, 0.25) is 0 Å². The van der Waals surface area contributed by atoms with Crippen LogP contribution in [0.15, 0.2) is 0 Å². The van der Waals surface area contributed by atoms with Crippen molar-refractivity contribution >= 4 is 5.97 Å². The van der Waals surface area contributed by atoms with Crippen LogP contribution in [0.5, 0.6) is 0 Å². The van der Waals surface area contributed by atoms with Gasteiger partial charge in [-0.25, -0.2) is 0 Å². The highest BCUT2D eigenvalue weighted by Crippen LogP contribution is 2.20. The number of nitrogens with one attached hydrogen (secondary N) is 1. The number of carbonyl (C=O) groups excluding carboxylic acids is 1. The van der Waals surface area contributed by atoms with E-state index in [1.54, 1.807) is 0 Å². The molecule has 4 heteroatoms. The molecule has 0 radical (unpaired) electrons. The summed E-state index contributed by atoms with van der Waals surface area (Å²) < 4.78 is 5.70. The summed E-state index contributed by atoms with van der Waals surface area (Å²) in [4.78, 5) is 14.8. The third-order valence-electron chi connectivity index (χ3n) is 6.95. The first-order chi connectivity index (χ1) is 15.8. The third-order valence-corrected chi connectivity index (χ3v) is 6.95. The van der Waals surface area contributed by atoms with Crippen LogP contribution in [0.25, 0.3) is 0 Å². The van der Waals surface area contributed by atoms with Crippen LogP contribution in [-0.2, 0) is 9.53 Å². The van der Waals surface area contributed by atoms with Gasteiger partial charge in [-0.2, -0.15) is 0 Å². The molecular weight excluding hydrogens is 396 g/mol. The van der Waals surface area contributed by atoms with Crippen molar-refractivity contribution in [3.8, 4) is 0 Å². The van der Waals surface area contributed by atoms with Crippen molar-refractivity contribution in [2.45, 2.75) is 129 Å². The lowest BCUT2D eigenvalue weighted by Crippen LogP contribution is -2.30. The molecule has 0 aromatic rings. The zero-order chi connectivity index (χ0) is 23.1. The molecule has 0 spiro atoms. The molecule has 1 N–H and O–H groups in total. The lowest BCUT2D eigenvalue weighted by Gasteiger charge is -2.17. The van der Waals surface area contributed by atoms with E-state index in [0.717, 1.165) is 32.4 Å². The summed E-state index contributed by atoms with van der Waals surface area (Å²) in [6, 6.07) is 0. The molecule has 1 atom stereocenters. The molecule has 0 saturated carbocycles. The normalized spacial score (nSPS) is 15.3. The number of nitrogens with zero attached hydrogens (tertiary/aromatic N) is 1. The van der Waals surface area contributed by atoms with E-state index in [4.69, 9.17) is 4.74 Å². The summed E-state index contributed by atoms with van der Waals surface area (Å²) >= 11 is 0. The number of ether oxygens (including phenoxy) is 1. The molecule has 0 aliphatic carbocycles. The van der Waals surface area contributed by atoms with Crippen molar-refractivity contribution in [3.63, 3.8) is 0 Å². The Kier molecular flexibility index (Phi) is 20.4. The van der Waals surface area contributed by atoms with Gasteiger partial charge < -0.3 is 15.0 Å². The summed E-state index contributed by atoms with van der Waals surface area (Å²) in [6.07, 6.45) is 22.3. The summed E-state index contributed by atoms with van der Waals surface area (Å²) in [5.74, 6) is 0.593. The molecule has 32 heavy (non-hydrogen) atoms. The van der Waals surface area contributed by atoms with Gasteiger partial charge in [-0.05, 0) is 64.1 Å². The van der Waals surface area contributed by atoms with Crippen LogP contribution in [0.1, 0.15) is 129 Å². The first-order valence-electron chi connectivity index (χ1n) is 14.3. The topological polar surface area (TPSA) is 41.6 Å². The standard InChI is InChI=1S/C28H56N2O2/c1-3-5-7-9-10-13-19-27(18-12-8-6-4-2)26-32-28(31)20-14-11-15-21-29-22-25-30-23-16-17-24-30/h27,29H,3-26H2,1-2H3. The lowest BCUT2D eigenvalue weighted by atomic mass is 9.95. The maximum absolute atomic E-state index is 12.2. The minimum atomic E-state index is 0.0218. The zero-order valence-corrected chi connectivity index (χ0v) is 21.8. The van der Waals surface area contributed by atoms with Gasteiger partial charge in [0.1, 0.15) is 0 Å². The number of unbranched alkanes of at least 4 members (excludes halogenated alkanes) is 10. The summed E-state index contributed by atoms with van der Waals surface area (Å²) in [6.45, 7) is 11.1. The quantitative estimate of drug-likeness (QED) is 0.132. The van der Waals surface area contributed by atoms with Crippen molar-refractivity contribution < 1.29 is 9.53 Å². The van der Waals surface area contributed by atoms with E-state index in [0.29, 0.717) is 18.9 Å². The fraction of sp³-hybridized carbons (Fsp3) is 0.964. The first-order valence-corrected chi connectivity index (χ1v) is 14.3. The van der Waals surface area contributed by atoms with Crippen molar-refractivity contribution in [2.75, 3.05) is 39.3 Å². The summed E-state index contributed by atoms with van der Waals surface area (Å²) in [7, 11) is 0. The second kappa shape index (κ2) is 22.2. The molecule has 0 aromatic carbocycles. The molecule has 1 saturated heterocycles. The number of carbonyl (C=O) groups is 1. The van der Waals surface area contributed by atoms with Crippen LogP contribution in [-0.4, -0.2) is 50.2 Å². The van der Waals surface area contributed by atoms with Crippen LogP contribution in [0.4, 0.5) is 0 Å². The molecule has 1 aliphatic rings. The average molecular weight is 453 g/mol. The van der Waals surface area contributed by atoms with E-state index in [1.807, 2.05) is 0 Å². The number of likely N-dealkylation sites (tertiary alicyclic amines) is 1. The van der Waals surface area contributed by atoms with Crippen molar-refractivity contribution in [1.29, 1.82) is 0 Å². The highest BCUT2D eigenvalue weighted by molar-refractivity contribution is 5.69. The molecule has 0 amide bonds. The smallest absolute Gasteiger partial charge is 0.305 e. The largest absolute Gasteiger partial charge is 0.465 e. The predicted octanol–water partition coefficient (Wildman–Crippen LogP) is 7.11. The maximum Gasteiger partial charge on any atom is 0.305 e. The Labute approximate surface area is 200 Å². The Morgan fingerprint density at radius 2 is 1.38 bits per heavy atom. The minimum Gasteiger partial charge on any atom is -0.465 e. The van der Waals surface area contributed by atoms with Crippen molar-refractivity contribution in [3.05, 3.63) is 0 Å². The fourth-order valence-electron chi connectivity index (χ4n) is 4.73. The van der Waals surface area contributed by atoms with Gasteiger partial charge in [0, 0.05) is 19.5 Å². The van der Waals surface area contributed by atoms with E-state index in [-0.39, 0.29) is 5.97 Å². The SMILES string of the molecule is CCCCCCCCC(CCCCCC)COC(=O)CCCCCNCCN1CCCC1. The third kappa shape index (κ3) is 17.9. The number of esters is 1. The van der Waals surface area contributed by atoms with Crippen LogP contribution >= 0.6 is 0 Å². The van der Waals surface area contributed by atoms with Crippen LogP contribution < -0.4 is 5.32 Å². The minimum absolute atomic E-state index is 0.0218. The van der Waals surface area contributed by atoms with Gasteiger partial charge in [0.15, 0.2) is 0 Å². The molecule has 1 fully saturated rings. The molecule has 4 nitrogen and oxygen atoms in total. The average Bonchev–Trinajstić information content (AvgIpc) is 3.32. The van der Waals surface area contributed by atoms with Crippen LogP contribution in [0.2, 0.25) is 0 Å². The van der Waals surface area contributed by atoms with E-state index < -0.39 is 0 Å². The molecule has 0 aromatic heterocycles. The van der Waals surface area contributed by atoms with E-state index in [9.17, 15) is 4.79 Å². The zero-order valence-electron chi connectivity index (χ0n) is 21.8. The molecule has 1 heterocycles. The Hall–Kier alpha value is -0.610. The van der Waals surface area contributed by atoms with Gasteiger partial charge in [-0.1, -0.05) is 84.5 Å². The molecule has 0 bridgehead atoms. The first kappa shape index (κ1) is 29.4. The van der Waals surface area contributed by atoms with Crippen molar-refractivity contribution in [1.82, 2.24) is 10.2 Å². The monoisotopic (exact) mass is 452 g/mol.